The van der Waals surface area contributed by atoms with Crippen LogP contribution in [0.1, 0.15) is 12.5 Å². The molecule has 0 aliphatic carbocycles. The van der Waals surface area contributed by atoms with Crippen LogP contribution in [-0.2, 0) is 77.1 Å². The molecule has 7 rings (SSSR count). The molecule has 0 spiro atoms. The van der Waals surface area contributed by atoms with Gasteiger partial charge >= 0.3 is 44.5 Å². The first-order valence-electron chi connectivity index (χ1n) is 18.6. The summed E-state index contributed by atoms with van der Waals surface area (Å²) in [6.45, 7) is -3.64. The number of hydrogen-bond donors (Lipinski definition) is 12. The molecule has 7 unspecified atom stereocenters. The number of hydrogen-bond acceptors (Lipinski definition) is 26. The Bertz CT molecular complexity index is 3070. The normalized spacial score (nSPS) is 27.7. The van der Waals surface area contributed by atoms with Gasteiger partial charge in [-0.1, -0.05) is 10.2 Å². The highest BCUT2D eigenvalue weighted by atomic mass is 31.3. The van der Waals surface area contributed by atoms with Crippen molar-refractivity contribution in [2.75, 3.05) is 38.4 Å². The van der Waals surface area contributed by atoms with E-state index in [9.17, 15) is 72.2 Å². The first-order chi connectivity index (χ1) is 31.6. The topological polar surface area (TPSA) is 531 Å². The van der Waals surface area contributed by atoms with E-state index >= 15 is 0 Å². The maximum Gasteiger partial charge on any atom is 0.488 e. The minimum Gasteiger partial charge on any atom is -0.387 e. The third kappa shape index (κ3) is 11.2. The van der Waals surface area contributed by atoms with Crippen LogP contribution in [0.3, 0.4) is 0 Å². The maximum absolute atomic E-state index is 12.9. The van der Waals surface area contributed by atoms with Crippen molar-refractivity contribution in [3.8, 4) is 0 Å². The molecule has 2 aliphatic heterocycles. The van der Waals surface area contributed by atoms with Crippen molar-refractivity contribution in [2.24, 2.45) is 7.05 Å². The summed E-state index contributed by atoms with van der Waals surface area (Å²) in [6.07, 6.45) is -9.26. The number of nitrogens with two attached hydrogens (primary N) is 2. The highest BCUT2D eigenvalue weighted by molar-refractivity contribution is 7.71. The molecule has 5 aromatic heterocycles. The standard InChI is InChI=1S/C26H38N13O24P5/c1-36-9-39(20-14(36)22(44)33-26(28)31-20)24-18(55-2)16(41)11(60-24)7-58-67(51,52)63-68(53,54)61-64(45,46)12-5-37(35-34-12)3-4-56-65(47,48)62-66(49,50)57-6-10-15(40)17(42)23(59-10)38-8-29-13-19(38)30-25(27)32-21(13)43/h5,8-11,15-18,23-24,40-42H,3-4,6-7H2,1-2H3,(H10-,27,28,30,31,32,33,43,44,45,46,47,48,49,50,51,52,53,54)/p+1/t10-,11-,15?,16?,17+,18+,23-,24-/m1/s1. The number of methoxy groups -OCH3 is 1. The number of aliphatic hydroxyl groups excluding tert-OH is 3. The molecule has 13 atom stereocenters. The van der Waals surface area contributed by atoms with Gasteiger partial charge in [-0.3, -0.25) is 46.8 Å². The van der Waals surface area contributed by atoms with Gasteiger partial charge in [-0.15, -0.1) is 5.10 Å². The zero-order valence-corrected chi connectivity index (χ0v) is 38.7. The predicted molar refractivity (Wildman–Crippen MR) is 215 cm³/mol. The fourth-order valence-corrected chi connectivity index (χ4v) is 12.6. The van der Waals surface area contributed by atoms with Gasteiger partial charge in [0.05, 0.1) is 45.9 Å². The molecule has 0 amide bonds. The number of imidazole rings is 2. The smallest absolute Gasteiger partial charge is 0.387 e. The number of aliphatic hydroxyl groups is 3. The molecule has 2 saturated heterocycles. The molecule has 5 aromatic rings. The van der Waals surface area contributed by atoms with Gasteiger partial charge in [0.1, 0.15) is 36.6 Å². The molecule has 0 aromatic carbocycles. The molecule has 37 nitrogen and oxygen atoms in total. The summed E-state index contributed by atoms with van der Waals surface area (Å²) >= 11 is 0. The number of rotatable bonds is 20. The summed E-state index contributed by atoms with van der Waals surface area (Å²) in [6, 6.07) is 0. The van der Waals surface area contributed by atoms with Crippen LogP contribution in [0.2, 0.25) is 0 Å². The van der Waals surface area contributed by atoms with E-state index in [-0.39, 0.29) is 34.2 Å². The van der Waals surface area contributed by atoms with Crippen molar-refractivity contribution < 1.29 is 108 Å². The fourth-order valence-electron chi connectivity index (χ4n) is 6.66. The van der Waals surface area contributed by atoms with Crippen LogP contribution in [0.4, 0.5) is 11.9 Å². The lowest BCUT2D eigenvalue weighted by Gasteiger charge is -2.20. The summed E-state index contributed by atoms with van der Waals surface area (Å²) in [5, 5.41) is 38.5. The Morgan fingerprint density at radius 1 is 0.809 bits per heavy atom. The van der Waals surface area contributed by atoms with Crippen LogP contribution in [0.25, 0.3) is 22.3 Å². The number of nitrogens with one attached hydrogen (secondary N) is 2. The second-order valence-corrected chi connectivity index (χ2v) is 22.2. The summed E-state index contributed by atoms with van der Waals surface area (Å²) < 4.78 is 111. The Morgan fingerprint density at radius 3 is 2.07 bits per heavy atom. The number of phosphoric acid groups is 4. The third-order valence-corrected chi connectivity index (χ3v) is 16.8. The van der Waals surface area contributed by atoms with Crippen molar-refractivity contribution in [1.82, 2.24) is 49.0 Å². The minimum atomic E-state index is -6.04. The first-order valence-corrected chi connectivity index (χ1v) is 26.1. The van der Waals surface area contributed by atoms with Gasteiger partial charge in [0, 0.05) is 7.11 Å². The van der Waals surface area contributed by atoms with E-state index in [1.165, 1.54) is 29.6 Å². The quantitative estimate of drug-likeness (QED) is 0.0257. The molecule has 376 valence electrons. The van der Waals surface area contributed by atoms with Crippen molar-refractivity contribution in [2.45, 2.75) is 55.6 Å². The number of nitrogen functional groups attached to an aromatic ring is 2. The molecular formula is C26H39N13O24P5+. The molecule has 14 N–H and O–H groups in total. The van der Waals surface area contributed by atoms with Gasteiger partial charge in [-0.25, -0.2) is 36.8 Å². The van der Waals surface area contributed by atoms with Crippen molar-refractivity contribution in [3.63, 3.8) is 0 Å². The zero-order chi connectivity index (χ0) is 49.9. The molecule has 2 fully saturated rings. The number of phosphoric ester groups is 3. The number of H-pyrrole nitrogens is 2. The first kappa shape index (κ1) is 51.8. The van der Waals surface area contributed by atoms with Gasteiger partial charge in [0.2, 0.25) is 17.7 Å². The van der Waals surface area contributed by atoms with Crippen LogP contribution < -0.4 is 32.6 Å². The lowest BCUT2D eigenvalue weighted by atomic mass is 10.1. The highest BCUT2D eigenvalue weighted by Crippen LogP contribution is 2.67. The van der Waals surface area contributed by atoms with E-state index in [1.807, 2.05) is 0 Å². The van der Waals surface area contributed by atoms with Gasteiger partial charge in [-0.05, 0) is 0 Å². The fraction of sp³-hybridized carbons (Fsp3) is 0.538. The molecular weight excluding hydrogens is 1030 g/mol. The van der Waals surface area contributed by atoms with E-state index in [1.54, 1.807) is 0 Å². The molecule has 68 heavy (non-hydrogen) atoms. The summed E-state index contributed by atoms with van der Waals surface area (Å²) in [4.78, 5) is 91.7. The predicted octanol–water partition coefficient (Wildman–Crippen LogP) is -4.66. The largest absolute Gasteiger partial charge is 0.488 e. The number of anilines is 2. The summed E-state index contributed by atoms with van der Waals surface area (Å²) in [5.41, 5.74) is 8.48. The monoisotopic (exact) mass is 1070 g/mol. The van der Waals surface area contributed by atoms with Crippen molar-refractivity contribution >= 4 is 78.5 Å². The molecule has 7 heterocycles. The van der Waals surface area contributed by atoms with E-state index < -0.39 is 131 Å². The SMILES string of the molecule is CO[C@H]1C(O)[C@@H](COP(=O)(O)OP(=O)(O)OP(=O)(O)c2cn(CCOP(=O)(O)OP(=O)(O)OC[C@H]3O[C@@H](n4cnc5c(=O)[nH]c(N)nc54)[C@@H](O)C3O)nn2)O[C@H]1[n+]1cn(C)c2c(=O)[nH]c(N)nc21. The Kier molecular flexibility index (Phi) is 14.7. The van der Waals surface area contributed by atoms with Crippen LogP contribution in [-0.4, -0.2) is 152 Å². The number of nitrogens with zero attached hydrogens (tertiary/aromatic N) is 9. The third-order valence-electron chi connectivity index (χ3n) is 9.53. The van der Waals surface area contributed by atoms with Gasteiger partial charge in [0.25, 0.3) is 17.1 Å². The second-order valence-electron chi connectivity index (χ2n) is 14.2. The van der Waals surface area contributed by atoms with Gasteiger partial charge in [0.15, 0.2) is 29.2 Å². The Labute approximate surface area is 375 Å². The molecule has 0 saturated carbocycles. The number of ether oxygens (including phenoxy) is 3. The molecule has 0 radical (unpaired) electrons. The highest BCUT2D eigenvalue weighted by Gasteiger charge is 2.51. The Morgan fingerprint density at radius 2 is 1.41 bits per heavy atom. The van der Waals surface area contributed by atoms with Crippen LogP contribution in [0, 0.1) is 0 Å². The zero-order valence-electron chi connectivity index (χ0n) is 34.2. The van der Waals surface area contributed by atoms with E-state index in [0.717, 1.165) is 10.9 Å². The summed E-state index contributed by atoms with van der Waals surface area (Å²) in [7, 11) is -25.7. The van der Waals surface area contributed by atoms with Crippen LogP contribution in [0.15, 0.2) is 28.4 Å². The average molecular weight is 1070 g/mol. The van der Waals surface area contributed by atoms with Gasteiger partial charge in [-0.2, -0.15) is 13.6 Å². The second kappa shape index (κ2) is 19.3. The lowest BCUT2D eigenvalue weighted by molar-refractivity contribution is -0.746. The number of aryl methyl sites for hydroxylation is 1. The van der Waals surface area contributed by atoms with E-state index in [0.29, 0.717) is 10.9 Å². The van der Waals surface area contributed by atoms with Gasteiger partial charge < -0.3 is 65.5 Å². The number of aromatic nitrogens is 11. The molecule has 0 bridgehead atoms. The minimum absolute atomic E-state index is 0.00241. The van der Waals surface area contributed by atoms with Crippen LogP contribution >= 0.6 is 38.9 Å². The average Bonchev–Trinajstić information content (AvgIpc) is 4.03. The Balaban J connectivity index is 0.878. The molecule has 42 heteroatoms. The van der Waals surface area contributed by atoms with Crippen LogP contribution in [0.5, 0.6) is 0 Å². The van der Waals surface area contributed by atoms with Crippen molar-refractivity contribution in [1.29, 1.82) is 0 Å². The van der Waals surface area contributed by atoms with E-state index in [2.05, 4.69) is 57.2 Å². The molecule has 2 aliphatic rings. The lowest BCUT2D eigenvalue weighted by Crippen LogP contribution is -2.47. The Hall–Kier alpha value is -4.09. The number of fused-ring (bicyclic) bond motifs is 2. The maximum atomic E-state index is 12.9. The van der Waals surface area contributed by atoms with Crippen molar-refractivity contribution in [3.05, 3.63) is 39.6 Å². The number of aromatic amines is 2. The van der Waals surface area contributed by atoms with E-state index in [4.69, 9.17) is 30.2 Å². The summed E-state index contributed by atoms with van der Waals surface area (Å²) in [5.74, 6) is -0.573.